The van der Waals surface area contributed by atoms with E-state index in [-0.39, 0.29) is 1.43 Å². The maximum Gasteiger partial charge on any atom is 0.261 e. The minimum atomic E-state index is -1.40. The van der Waals surface area contributed by atoms with E-state index in [0.717, 1.165) is 0 Å². The fourth-order valence-electron chi connectivity index (χ4n) is 0.116. The minimum absolute atomic E-state index is 0. The van der Waals surface area contributed by atoms with Crippen LogP contribution in [0.5, 0.6) is 0 Å². The molecule has 0 amide bonds. The highest BCUT2D eigenvalue weighted by molar-refractivity contribution is 7.78. The van der Waals surface area contributed by atoms with Crippen molar-refractivity contribution in [2.45, 2.75) is 13.8 Å². The zero-order valence-electron chi connectivity index (χ0n) is 6.01. The first-order chi connectivity index (χ1) is 4.31. The Bertz CT molecular complexity index is 89.7. The van der Waals surface area contributed by atoms with Crippen LogP contribution in [-0.4, -0.2) is 11.3 Å². The van der Waals surface area contributed by atoms with Gasteiger partial charge < -0.3 is 0 Å². The highest BCUT2D eigenvalue weighted by atomic mass is 32.2. The van der Waals surface area contributed by atoms with Crippen molar-refractivity contribution in [1.82, 2.24) is 4.72 Å². The molecule has 0 aromatic rings. The van der Waals surface area contributed by atoms with Crippen LogP contribution in [0.3, 0.4) is 0 Å². The van der Waals surface area contributed by atoms with E-state index in [4.69, 9.17) is 0 Å². The van der Waals surface area contributed by atoms with Crippen LogP contribution in [0.25, 0.3) is 0 Å². The summed E-state index contributed by atoms with van der Waals surface area (Å²) in [7, 11) is 1.34. The van der Waals surface area contributed by atoms with Crippen LogP contribution in [0.1, 0.15) is 15.3 Å². The number of hydrogen-bond donors (Lipinski definition) is 1. The second-order valence-electron chi connectivity index (χ2n) is 0.723. The molecule has 0 saturated heterocycles. The molecule has 0 aliphatic carbocycles. The molecule has 1 atom stereocenters. The second kappa shape index (κ2) is 10.6. The first kappa shape index (κ1) is 11.4. The van der Waals surface area contributed by atoms with Crippen molar-refractivity contribution in [2.75, 3.05) is 7.11 Å². The Labute approximate surface area is 60.4 Å². The molecule has 0 rings (SSSR count). The van der Waals surface area contributed by atoms with E-state index < -0.39 is 11.3 Å². The van der Waals surface area contributed by atoms with Gasteiger partial charge in [0.2, 0.25) is 0 Å². The minimum Gasteiger partial charge on any atom is -0.290 e. The molecular weight excluding hydrogens is 138 g/mol. The summed E-state index contributed by atoms with van der Waals surface area (Å²) >= 11 is -1.40. The summed E-state index contributed by atoms with van der Waals surface area (Å²) in [6, 6.07) is 0. The third-order valence-corrected chi connectivity index (χ3v) is 0.993. The van der Waals surface area contributed by atoms with Crippen molar-refractivity contribution >= 4 is 11.3 Å². The van der Waals surface area contributed by atoms with Crippen molar-refractivity contribution in [3.63, 3.8) is 0 Å². The topological polar surface area (TPSA) is 38.3 Å². The summed E-state index contributed by atoms with van der Waals surface area (Å²) in [6.07, 6.45) is 1.31. The smallest absolute Gasteiger partial charge is 0.261 e. The summed E-state index contributed by atoms with van der Waals surface area (Å²) in [4.78, 5) is 0. The summed E-state index contributed by atoms with van der Waals surface area (Å²) in [5, 5.41) is 0. The van der Waals surface area contributed by atoms with Crippen LogP contribution >= 0.6 is 0 Å². The van der Waals surface area contributed by atoms with E-state index in [1.807, 2.05) is 13.8 Å². The molecule has 1 N–H and O–H groups in total. The van der Waals surface area contributed by atoms with Crippen molar-refractivity contribution < 1.29 is 9.82 Å². The van der Waals surface area contributed by atoms with Crippen LogP contribution in [0.4, 0.5) is 0 Å². The van der Waals surface area contributed by atoms with Gasteiger partial charge in [0.15, 0.2) is 0 Å². The van der Waals surface area contributed by atoms with Gasteiger partial charge in [-0.2, -0.15) is 0 Å². The fraction of sp³-hybridized carbons (Fsp3) is 0.600. The molecule has 0 aliphatic heterocycles. The number of nitrogens with one attached hydrogen (secondary N) is 1. The quantitative estimate of drug-likeness (QED) is 0.662. The Morgan fingerprint density at radius 1 is 1.78 bits per heavy atom. The second-order valence-corrected chi connectivity index (χ2v) is 1.76. The molecule has 3 nitrogen and oxygen atoms in total. The van der Waals surface area contributed by atoms with Crippen molar-refractivity contribution in [2.24, 2.45) is 0 Å². The van der Waals surface area contributed by atoms with Crippen molar-refractivity contribution in [3.05, 3.63) is 12.8 Å². The molecule has 0 bridgehead atoms. The third-order valence-electron chi connectivity index (χ3n) is 0.331. The Morgan fingerprint density at radius 2 is 2.22 bits per heavy atom. The first-order valence-corrected chi connectivity index (χ1v) is 3.72. The molecule has 0 fully saturated rings. The van der Waals surface area contributed by atoms with Gasteiger partial charge in [-0.25, -0.2) is 4.21 Å². The maximum atomic E-state index is 10.1. The molecule has 0 aromatic carbocycles. The lowest BCUT2D eigenvalue weighted by atomic mass is 11.0. The van der Waals surface area contributed by atoms with Gasteiger partial charge in [-0.05, 0) is 0 Å². The van der Waals surface area contributed by atoms with E-state index in [1.165, 1.54) is 13.3 Å². The average molecular weight is 153 g/mol. The monoisotopic (exact) mass is 153 g/mol. The Morgan fingerprint density at radius 3 is 2.33 bits per heavy atom. The van der Waals surface area contributed by atoms with E-state index in [2.05, 4.69) is 15.5 Å². The molecule has 0 heterocycles. The summed E-state index contributed by atoms with van der Waals surface area (Å²) < 4.78 is 16.7. The lowest BCUT2D eigenvalue weighted by Crippen LogP contribution is -2.09. The lowest BCUT2D eigenvalue weighted by molar-refractivity contribution is 0.441. The zero-order valence-corrected chi connectivity index (χ0v) is 6.83. The van der Waals surface area contributed by atoms with Crippen LogP contribution in [0, 0.1) is 0 Å². The number of rotatable bonds is 3. The standard InChI is InChI=1S/C3H7NO2S.C2H6.H2/c1-3-4-7(5)6-2;1-2;/h3-4H,1H2,2H3;1-2H3;1H. The molecule has 58 valence electrons. The molecule has 4 heteroatoms. The van der Waals surface area contributed by atoms with Gasteiger partial charge in [0.05, 0.1) is 7.11 Å². The molecule has 0 spiro atoms. The van der Waals surface area contributed by atoms with Gasteiger partial charge >= 0.3 is 0 Å². The lowest BCUT2D eigenvalue weighted by Gasteiger charge is -1.91. The van der Waals surface area contributed by atoms with Gasteiger partial charge in [-0.1, -0.05) is 20.4 Å². The largest absolute Gasteiger partial charge is 0.290 e. The molecule has 1 unspecified atom stereocenters. The van der Waals surface area contributed by atoms with Crippen LogP contribution in [0.15, 0.2) is 12.8 Å². The normalized spacial score (nSPS) is 10.6. The van der Waals surface area contributed by atoms with E-state index in [1.54, 1.807) is 0 Å². The summed E-state index contributed by atoms with van der Waals surface area (Å²) in [5.41, 5.74) is 0. The highest BCUT2D eigenvalue weighted by Gasteiger charge is 1.83. The third kappa shape index (κ3) is 11.3. The molecule has 0 aromatic heterocycles. The predicted octanol–water partition coefficient (Wildman–Crippen LogP) is 1.22. The number of hydrogen-bond acceptors (Lipinski definition) is 2. The van der Waals surface area contributed by atoms with Crippen LogP contribution < -0.4 is 4.72 Å². The maximum absolute atomic E-state index is 10.1. The first-order valence-electron chi connectivity index (χ1n) is 2.64. The highest BCUT2D eigenvalue weighted by Crippen LogP contribution is 1.69. The van der Waals surface area contributed by atoms with Crippen molar-refractivity contribution in [1.29, 1.82) is 0 Å². The Kier molecular flexibility index (Phi) is 13.5. The van der Waals surface area contributed by atoms with Gasteiger partial charge in [-0.15, -0.1) is 0 Å². The average Bonchev–Trinajstić information content (AvgIpc) is 1.93. The Hall–Kier alpha value is -0.350. The summed E-state index contributed by atoms with van der Waals surface area (Å²) in [5.74, 6) is 0. The molecular formula is C5H15NO2S. The molecule has 9 heavy (non-hydrogen) atoms. The Balaban J connectivity index is -0.000000149. The van der Waals surface area contributed by atoms with Gasteiger partial charge in [0.1, 0.15) is 0 Å². The van der Waals surface area contributed by atoms with Crippen LogP contribution in [-0.2, 0) is 15.4 Å². The van der Waals surface area contributed by atoms with Gasteiger partial charge in [0.25, 0.3) is 11.3 Å². The zero-order chi connectivity index (χ0) is 7.70. The molecule has 0 saturated carbocycles. The van der Waals surface area contributed by atoms with E-state index >= 15 is 0 Å². The molecule has 0 radical (unpaired) electrons. The fourth-order valence-corrected chi connectivity index (χ4v) is 0.348. The van der Waals surface area contributed by atoms with E-state index in [0.29, 0.717) is 0 Å². The van der Waals surface area contributed by atoms with E-state index in [9.17, 15) is 4.21 Å². The SMILES string of the molecule is C=CNS(=O)OC.CC.[HH]. The van der Waals surface area contributed by atoms with Gasteiger partial charge in [0, 0.05) is 7.63 Å². The van der Waals surface area contributed by atoms with Crippen LogP contribution in [0.2, 0.25) is 0 Å². The molecule has 0 aliphatic rings. The predicted molar refractivity (Wildman–Crippen MR) is 41.9 cm³/mol. The summed E-state index contributed by atoms with van der Waals surface area (Å²) in [6.45, 7) is 7.26. The van der Waals surface area contributed by atoms with Gasteiger partial charge in [-0.3, -0.25) is 8.91 Å². The van der Waals surface area contributed by atoms with Crippen molar-refractivity contribution in [3.8, 4) is 0 Å².